The number of carbonyl (C=O) groups excluding carboxylic acids is 2. The lowest BCUT2D eigenvalue weighted by atomic mass is 10.0. The number of alkyl halides is 3. The summed E-state index contributed by atoms with van der Waals surface area (Å²) in [4.78, 5) is 24.1. The van der Waals surface area contributed by atoms with Crippen molar-refractivity contribution in [3.8, 4) is 0 Å². The molecule has 0 saturated heterocycles. The predicted molar refractivity (Wildman–Crippen MR) is 76.8 cm³/mol. The molecule has 0 atom stereocenters. The molecule has 23 heavy (non-hydrogen) atoms. The number of methoxy groups -OCH3 is 1. The molecular formula is C13H9ClF3N2O3S+. The minimum atomic E-state index is -4.70. The van der Waals surface area contributed by atoms with Crippen LogP contribution in [0.3, 0.4) is 0 Å². The standard InChI is InChI=1S/C13H8ClF3N2O3S/c1-22-3-5-4-23-10-8(14)7(13(15,16)17)2-6-9(10)19(5)12(21)18-11(6)20/h2H,3-4H2,1H3/p+1. The third-order valence-electron chi connectivity index (χ3n) is 3.40. The maximum Gasteiger partial charge on any atom is 0.504 e. The van der Waals surface area contributed by atoms with E-state index in [9.17, 15) is 22.8 Å². The van der Waals surface area contributed by atoms with E-state index in [2.05, 4.69) is 0 Å². The van der Waals surface area contributed by atoms with Gasteiger partial charge in [-0.1, -0.05) is 11.6 Å². The van der Waals surface area contributed by atoms with Crippen LogP contribution in [0.4, 0.5) is 23.7 Å². The highest BCUT2D eigenvalue weighted by atomic mass is 35.5. The van der Waals surface area contributed by atoms with E-state index in [1.54, 1.807) is 0 Å². The summed E-state index contributed by atoms with van der Waals surface area (Å²) >= 11 is 6.94. The number of benzene rings is 1. The molecule has 1 aromatic carbocycles. The monoisotopic (exact) mass is 365 g/mol. The zero-order valence-electron chi connectivity index (χ0n) is 11.6. The van der Waals surface area contributed by atoms with Gasteiger partial charge in [0, 0.05) is 7.11 Å². The molecule has 2 aliphatic heterocycles. The van der Waals surface area contributed by atoms with Gasteiger partial charge in [0.05, 0.1) is 21.2 Å². The van der Waals surface area contributed by atoms with E-state index >= 15 is 0 Å². The number of amides is 3. The van der Waals surface area contributed by atoms with Crippen molar-refractivity contribution in [2.24, 2.45) is 0 Å². The van der Waals surface area contributed by atoms with Crippen LogP contribution in [0.1, 0.15) is 15.9 Å². The molecule has 3 amide bonds. The molecule has 1 aromatic rings. The second-order valence-electron chi connectivity index (χ2n) is 4.84. The maximum atomic E-state index is 13.1. The van der Waals surface area contributed by atoms with E-state index < -0.39 is 28.7 Å². The Morgan fingerprint density at radius 1 is 1.43 bits per heavy atom. The quantitative estimate of drug-likeness (QED) is 0.818. The van der Waals surface area contributed by atoms with E-state index in [1.165, 1.54) is 7.11 Å². The summed E-state index contributed by atoms with van der Waals surface area (Å²) < 4.78 is 45.5. The Hall–Kier alpha value is -1.58. The molecule has 10 heteroatoms. The van der Waals surface area contributed by atoms with Crippen molar-refractivity contribution in [3.05, 3.63) is 22.2 Å². The van der Waals surface area contributed by atoms with Gasteiger partial charge in [-0.3, -0.25) is 0 Å². The topological polar surface area (TPSA) is 58.4 Å². The Balaban J connectivity index is 2.35. The summed E-state index contributed by atoms with van der Waals surface area (Å²) in [5.41, 5.74) is -0.732. The molecule has 0 aromatic heterocycles. The molecule has 0 fully saturated rings. The fourth-order valence-electron chi connectivity index (χ4n) is 2.47. The highest BCUT2D eigenvalue weighted by Gasteiger charge is 2.45. The highest BCUT2D eigenvalue weighted by molar-refractivity contribution is 8.00. The van der Waals surface area contributed by atoms with Gasteiger partial charge in [-0.2, -0.15) is 27.9 Å². The largest absolute Gasteiger partial charge is 0.504 e. The van der Waals surface area contributed by atoms with Gasteiger partial charge in [-0.25, -0.2) is 4.79 Å². The highest BCUT2D eigenvalue weighted by Crippen LogP contribution is 2.48. The lowest BCUT2D eigenvalue weighted by Gasteiger charge is -2.25. The zero-order valence-corrected chi connectivity index (χ0v) is 13.2. The molecular weight excluding hydrogens is 357 g/mol. The first-order valence-corrected chi connectivity index (χ1v) is 7.67. The van der Waals surface area contributed by atoms with Crippen LogP contribution >= 0.6 is 23.4 Å². The number of nitrogens with zero attached hydrogens (tertiary/aromatic N) is 1. The molecule has 2 heterocycles. The normalized spacial score (nSPS) is 17.3. The van der Waals surface area contributed by atoms with Crippen LogP contribution in [0.15, 0.2) is 11.0 Å². The third-order valence-corrected chi connectivity index (χ3v) is 5.07. The summed E-state index contributed by atoms with van der Waals surface area (Å²) in [6.45, 7) is 0.103. The Labute approximate surface area is 137 Å². The van der Waals surface area contributed by atoms with Gasteiger partial charge < -0.3 is 4.74 Å². The molecule has 5 nitrogen and oxygen atoms in total. The van der Waals surface area contributed by atoms with Gasteiger partial charge in [-0.05, 0) is 6.07 Å². The molecule has 1 N–H and O–H groups in total. The molecule has 0 aliphatic carbocycles. The van der Waals surface area contributed by atoms with E-state index in [-0.39, 0.29) is 28.5 Å². The smallest absolute Gasteiger partial charge is 0.377 e. The van der Waals surface area contributed by atoms with Gasteiger partial charge in [-0.15, -0.1) is 11.8 Å². The lowest BCUT2D eigenvalue weighted by molar-refractivity contribution is -0.341. The summed E-state index contributed by atoms with van der Waals surface area (Å²) in [5.74, 6) is -0.660. The number of nitrogens with one attached hydrogen (secondary N) is 1. The number of thioether (sulfide) groups is 1. The zero-order chi connectivity index (χ0) is 16.9. The second-order valence-corrected chi connectivity index (χ2v) is 6.21. The molecule has 0 bridgehead atoms. The number of urea groups is 1. The SMILES string of the molecule is COCC1=[N+]2C(=O)NC(=O)c3cc(C(F)(F)F)c(Cl)c(c32)SC1. The Morgan fingerprint density at radius 3 is 2.74 bits per heavy atom. The van der Waals surface area contributed by atoms with Crippen LogP contribution in [0.5, 0.6) is 0 Å². The van der Waals surface area contributed by atoms with Crippen molar-refractivity contribution >= 4 is 46.7 Å². The lowest BCUT2D eigenvalue weighted by Crippen LogP contribution is -2.46. The first-order chi connectivity index (χ1) is 10.8. The Morgan fingerprint density at radius 2 is 2.13 bits per heavy atom. The van der Waals surface area contributed by atoms with Crippen molar-refractivity contribution in [1.29, 1.82) is 0 Å². The maximum absolute atomic E-state index is 13.1. The van der Waals surface area contributed by atoms with E-state index in [0.717, 1.165) is 16.3 Å². The van der Waals surface area contributed by atoms with Gasteiger partial charge in [0.15, 0.2) is 5.69 Å². The van der Waals surface area contributed by atoms with Crippen LogP contribution in [0.2, 0.25) is 5.02 Å². The molecule has 0 saturated carbocycles. The number of imide groups is 1. The fraction of sp³-hybridized carbons (Fsp3) is 0.308. The number of carbonyl (C=O) groups is 2. The Bertz CT molecular complexity index is 777. The van der Waals surface area contributed by atoms with Crippen LogP contribution in [0, 0.1) is 0 Å². The van der Waals surface area contributed by atoms with Crippen LogP contribution in [-0.4, -0.2) is 41.7 Å². The predicted octanol–water partition coefficient (Wildman–Crippen LogP) is 3.06. The number of rotatable bonds is 2. The van der Waals surface area contributed by atoms with E-state index in [4.69, 9.17) is 16.3 Å². The minimum absolute atomic E-state index is 0.0690. The van der Waals surface area contributed by atoms with Crippen LogP contribution < -0.4 is 5.32 Å². The minimum Gasteiger partial charge on any atom is -0.377 e. The fourth-order valence-corrected chi connectivity index (χ4v) is 3.99. The van der Waals surface area contributed by atoms with Crippen molar-refractivity contribution < 1.29 is 32.1 Å². The number of ether oxygens (including phenoxy) is 1. The molecule has 0 radical (unpaired) electrons. The van der Waals surface area contributed by atoms with Crippen LogP contribution in [0.25, 0.3) is 0 Å². The first-order valence-electron chi connectivity index (χ1n) is 6.31. The van der Waals surface area contributed by atoms with Gasteiger partial charge in [0.1, 0.15) is 17.9 Å². The van der Waals surface area contributed by atoms with Crippen molar-refractivity contribution in [3.63, 3.8) is 0 Å². The molecule has 0 unspecified atom stereocenters. The van der Waals surface area contributed by atoms with Crippen LogP contribution in [-0.2, 0) is 10.9 Å². The average Bonchev–Trinajstić information content (AvgIpc) is 2.45. The van der Waals surface area contributed by atoms with Gasteiger partial charge >= 0.3 is 18.1 Å². The second kappa shape index (κ2) is 5.50. The first kappa shape index (κ1) is 16.3. The van der Waals surface area contributed by atoms with E-state index in [1.807, 2.05) is 5.32 Å². The Kier molecular flexibility index (Phi) is 3.89. The molecule has 3 rings (SSSR count). The van der Waals surface area contributed by atoms with E-state index in [0.29, 0.717) is 11.8 Å². The third kappa shape index (κ3) is 2.52. The van der Waals surface area contributed by atoms with Crippen molar-refractivity contribution in [2.45, 2.75) is 11.1 Å². The average molecular weight is 366 g/mol. The summed E-state index contributed by atoms with van der Waals surface area (Å²) in [6, 6.07) is -0.0568. The summed E-state index contributed by atoms with van der Waals surface area (Å²) in [5, 5.41) is 1.53. The summed E-state index contributed by atoms with van der Waals surface area (Å²) in [7, 11) is 1.43. The van der Waals surface area contributed by atoms with Gasteiger partial charge in [0.25, 0.3) is 0 Å². The molecule has 2 aliphatic rings. The number of halogens is 4. The van der Waals surface area contributed by atoms with Gasteiger partial charge in [0.2, 0.25) is 0 Å². The van der Waals surface area contributed by atoms with Crippen molar-refractivity contribution in [1.82, 2.24) is 5.32 Å². The molecule has 0 spiro atoms. The number of hydrogen-bond acceptors (Lipinski definition) is 4. The molecule has 122 valence electrons. The summed E-state index contributed by atoms with van der Waals surface area (Å²) in [6.07, 6.45) is -4.70. The number of hydrogen-bond donors (Lipinski definition) is 1. The van der Waals surface area contributed by atoms with Crippen molar-refractivity contribution in [2.75, 3.05) is 19.5 Å².